The Morgan fingerprint density at radius 2 is 1.89 bits per heavy atom. The van der Waals surface area contributed by atoms with Crippen LogP contribution in [0.4, 0.5) is 5.69 Å². The van der Waals surface area contributed by atoms with Gasteiger partial charge in [0.05, 0.1) is 11.1 Å². The molecule has 2 N–H and O–H groups in total. The minimum atomic E-state index is -0.256. The number of hydrogen-bond acceptors (Lipinski definition) is 4. The molecule has 1 heterocycles. The lowest BCUT2D eigenvalue weighted by Gasteiger charge is -2.15. The van der Waals surface area contributed by atoms with Crippen LogP contribution in [0.2, 0.25) is 5.02 Å². The summed E-state index contributed by atoms with van der Waals surface area (Å²) in [4.78, 5) is 24.4. The van der Waals surface area contributed by atoms with Crippen LogP contribution < -0.4 is 20.1 Å². The maximum absolute atomic E-state index is 12.6. The topological polar surface area (TPSA) is 76.7 Å². The van der Waals surface area contributed by atoms with Gasteiger partial charge in [-0.2, -0.15) is 0 Å². The monoisotopic (exact) mass is 386 g/mol. The van der Waals surface area contributed by atoms with Crippen molar-refractivity contribution in [2.75, 3.05) is 12.1 Å². The predicted molar refractivity (Wildman–Crippen MR) is 101 cm³/mol. The number of amides is 2. The highest BCUT2D eigenvalue weighted by atomic mass is 35.5. The molecule has 1 aliphatic carbocycles. The highest BCUT2D eigenvalue weighted by Crippen LogP contribution is 2.39. The fourth-order valence-electron chi connectivity index (χ4n) is 2.91. The van der Waals surface area contributed by atoms with Gasteiger partial charge in [0.2, 0.25) is 12.7 Å². The number of carbonyl (C=O) groups is 2. The quantitative estimate of drug-likeness (QED) is 0.816. The zero-order chi connectivity index (χ0) is 19.0. The Kier molecular flexibility index (Phi) is 4.66. The summed E-state index contributed by atoms with van der Waals surface area (Å²) in [6.07, 6.45) is 1.94. The zero-order valence-electron chi connectivity index (χ0n) is 14.8. The molecule has 6 nitrogen and oxygen atoms in total. The fourth-order valence-corrected chi connectivity index (χ4v) is 3.17. The lowest BCUT2D eigenvalue weighted by atomic mass is 10.1. The van der Waals surface area contributed by atoms with Gasteiger partial charge < -0.3 is 20.1 Å². The van der Waals surface area contributed by atoms with Crippen LogP contribution in [0.15, 0.2) is 36.4 Å². The third kappa shape index (κ3) is 3.85. The Hall–Kier alpha value is -2.73. The summed E-state index contributed by atoms with van der Waals surface area (Å²) < 4.78 is 10.6. The number of halogens is 1. The van der Waals surface area contributed by atoms with E-state index in [1.807, 2.05) is 31.2 Å². The molecule has 1 saturated carbocycles. The normalized spacial score (nSPS) is 15.9. The maximum atomic E-state index is 12.6. The van der Waals surface area contributed by atoms with Crippen molar-refractivity contribution in [1.29, 1.82) is 0 Å². The zero-order valence-corrected chi connectivity index (χ0v) is 15.5. The standard InChI is InChI=1S/C20H19ClN2O4/c1-11(12-4-6-15(7-5-12)23-19(24)13-2-3-13)22-20(25)14-8-16(21)18-17(9-14)26-10-27-18/h4-9,11,13H,2-3,10H2,1H3,(H,22,25)(H,23,24). The van der Waals surface area contributed by atoms with Gasteiger partial charge in [-0.05, 0) is 49.6 Å². The molecule has 0 spiro atoms. The Morgan fingerprint density at radius 3 is 2.59 bits per heavy atom. The Bertz CT molecular complexity index is 894. The van der Waals surface area contributed by atoms with Crippen molar-refractivity contribution in [2.45, 2.75) is 25.8 Å². The number of benzene rings is 2. The van der Waals surface area contributed by atoms with Gasteiger partial charge in [-0.15, -0.1) is 0 Å². The number of hydrogen-bond donors (Lipinski definition) is 2. The number of nitrogens with one attached hydrogen (secondary N) is 2. The van der Waals surface area contributed by atoms with Crippen molar-refractivity contribution in [1.82, 2.24) is 5.32 Å². The smallest absolute Gasteiger partial charge is 0.251 e. The highest BCUT2D eigenvalue weighted by Gasteiger charge is 2.29. The molecule has 0 aromatic heterocycles. The van der Waals surface area contributed by atoms with E-state index in [0.29, 0.717) is 22.1 Å². The first-order valence-corrected chi connectivity index (χ1v) is 9.20. The van der Waals surface area contributed by atoms with Gasteiger partial charge in [-0.3, -0.25) is 9.59 Å². The van der Waals surface area contributed by atoms with Gasteiger partial charge in [0.1, 0.15) is 0 Å². The van der Waals surface area contributed by atoms with Crippen molar-refractivity contribution in [3.8, 4) is 11.5 Å². The van der Waals surface area contributed by atoms with E-state index < -0.39 is 0 Å². The Labute approximate surface area is 161 Å². The van der Waals surface area contributed by atoms with Crippen molar-refractivity contribution in [3.63, 3.8) is 0 Å². The molecule has 1 atom stereocenters. The van der Waals surface area contributed by atoms with E-state index in [4.69, 9.17) is 21.1 Å². The van der Waals surface area contributed by atoms with Gasteiger partial charge in [-0.1, -0.05) is 23.7 Å². The molecular formula is C20H19ClN2O4. The first-order chi connectivity index (χ1) is 13.0. The molecule has 1 fully saturated rings. The average Bonchev–Trinajstić information content (AvgIpc) is 3.40. The molecule has 2 aromatic carbocycles. The van der Waals surface area contributed by atoms with E-state index in [2.05, 4.69) is 10.6 Å². The number of ether oxygens (including phenoxy) is 2. The van der Waals surface area contributed by atoms with Crippen molar-refractivity contribution >= 4 is 29.1 Å². The second kappa shape index (κ2) is 7.12. The molecule has 140 valence electrons. The van der Waals surface area contributed by atoms with E-state index in [9.17, 15) is 9.59 Å². The van der Waals surface area contributed by atoms with E-state index in [1.165, 1.54) is 0 Å². The SMILES string of the molecule is CC(NC(=O)c1cc(Cl)c2c(c1)OCO2)c1ccc(NC(=O)C2CC2)cc1. The molecule has 1 aliphatic heterocycles. The fraction of sp³-hybridized carbons (Fsp3) is 0.300. The number of fused-ring (bicyclic) bond motifs is 1. The number of rotatable bonds is 5. The summed E-state index contributed by atoms with van der Waals surface area (Å²) >= 11 is 6.14. The van der Waals surface area contributed by atoms with E-state index in [-0.39, 0.29) is 30.6 Å². The first-order valence-electron chi connectivity index (χ1n) is 8.82. The third-order valence-electron chi connectivity index (χ3n) is 4.66. The van der Waals surface area contributed by atoms with Crippen LogP contribution in [-0.2, 0) is 4.79 Å². The molecule has 7 heteroatoms. The predicted octanol–water partition coefficient (Wildman–Crippen LogP) is 3.91. The minimum absolute atomic E-state index is 0.0730. The minimum Gasteiger partial charge on any atom is -0.454 e. The van der Waals surface area contributed by atoms with Crippen LogP contribution in [0, 0.1) is 5.92 Å². The van der Waals surface area contributed by atoms with Gasteiger partial charge in [0.25, 0.3) is 5.91 Å². The molecule has 2 aromatic rings. The van der Waals surface area contributed by atoms with Crippen LogP contribution in [0.5, 0.6) is 11.5 Å². The summed E-state index contributed by atoms with van der Waals surface area (Å²) in [6.45, 7) is 1.99. The molecule has 2 amide bonds. The summed E-state index contributed by atoms with van der Waals surface area (Å²) in [5.74, 6) is 0.912. The molecule has 0 saturated heterocycles. The average molecular weight is 387 g/mol. The van der Waals surface area contributed by atoms with Gasteiger partial charge in [0, 0.05) is 17.2 Å². The van der Waals surface area contributed by atoms with Gasteiger partial charge in [0.15, 0.2) is 11.5 Å². The van der Waals surface area contributed by atoms with Gasteiger partial charge >= 0.3 is 0 Å². The second-order valence-corrected chi connectivity index (χ2v) is 7.18. The van der Waals surface area contributed by atoms with Crippen molar-refractivity contribution in [2.24, 2.45) is 5.92 Å². The molecule has 2 aliphatic rings. The van der Waals surface area contributed by atoms with E-state index >= 15 is 0 Å². The van der Waals surface area contributed by atoms with E-state index in [0.717, 1.165) is 24.1 Å². The van der Waals surface area contributed by atoms with Crippen molar-refractivity contribution < 1.29 is 19.1 Å². The van der Waals surface area contributed by atoms with Gasteiger partial charge in [-0.25, -0.2) is 0 Å². The summed E-state index contributed by atoms with van der Waals surface area (Å²) in [5.41, 5.74) is 2.10. The molecular weight excluding hydrogens is 368 g/mol. The number of anilines is 1. The largest absolute Gasteiger partial charge is 0.454 e. The van der Waals surface area contributed by atoms with Crippen LogP contribution in [0.1, 0.15) is 41.7 Å². The third-order valence-corrected chi connectivity index (χ3v) is 4.94. The molecule has 4 rings (SSSR count). The van der Waals surface area contributed by atoms with E-state index in [1.54, 1.807) is 12.1 Å². The van der Waals surface area contributed by atoms with Crippen LogP contribution in [0.3, 0.4) is 0 Å². The van der Waals surface area contributed by atoms with Crippen molar-refractivity contribution in [3.05, 3.63) is 52.5 Å². The summed E-state index contributed by atoms with van der Waals surface area (Å²) in [7, 11) is 0. The summed E-state index contributed by atoms with van der Waals surface area (Å²) in [5, 5.41) is 6.18. The van der Waals surface area contributed by atoms with Crippen LogP contribution in [0.25, 0.3) is 0 Å². The second-order valence-electron chi connectivity index (χ2n) is 6.77. The summed E-state index contributed by atoms with van der Waals surface area (Å²) in [6, 6.07) is 10.4. The van der Waals surface area contributed by atoms with Crippen LogP contribution in [-0.4, -0.2) is 18.6 Å². The Balaban J connectivity index is 1.41. The molecule has 27 heavy (non-hydrogen) atoms. The Morgan fingerprint density at radius 1 is 1.15 bits per heavy atom. The lowest BCUT2D eigenvalue weighted by molar-refractivity contribution is -0.117. The maximum Gasteiger partial charge on any atom is 0.251 e. The van der Waals surface area contributed by atoms with Crippen LogP contribution >= 0.6 is 11.6 Å². The molecule has 0 bridgehead atoms. The lowest BCUT2D eigenvalue weighted by Crippen LogP contribution is -2.26. The molecule has 0 radical (unpaired) electrons. The molecule has 1 unspecified atom stereocenters. The number of carbonyl (C=O) groups excluding carboxylic acids is 2. The first kappa shape index (κ1) is 17.7. The highest BCUT2D eigenvalue weighted by molar-refractivity contribution is 6.32.